The molecule has 2 amide bonds. The van der Waals surface area contributed by atoms with Crippen LogP contribution in [0.4, 0.5) is 20.2 Å². The number of anilines is 2. The Morgan fingerprint density at radius 2 is 1.71 bits per heavy atom. The van der Waals surface area contributed by atoms with Gasteiger partial charge in [-0.1, -0.05) is 11.6 Å². The first-order chi connectivity index (χ1) is 14.7. The number of piperazine rings is 1. The third-order valence-electron chi connectivity index (χ3n) is 5.26. The minimum absolute atomic E-state index is 0.212. The molecule has 1 aliphatic heterocycles. The maximum absolute atomic E-state index is 13.7. The highest BCUT2D eigenvalue weighted by Gasteiger charge is 2.27. The molecular weight excluding hydrogens is 432 g/mol. The van der Waals surface area contributed by atoms with Crippen molar-refractivity contribution in [3.63, 3.8) is 0 Å². The van der Waals surface area contributed by atoms with E-state index < -0.39 is 28.5 Å². The molecule has 0 unspecified atom stereocenters. The van der Waals surface area contributed by atoms with Gasteiger partial charge in [0.25, 0.3) is 0 Å². The molecular formula is C20H18ClF2N5O3. The van der Waals surface area contributed by atoms with E-state index >= 15 is 0 Å². The van der Waals surface area contributed by atoms with E-state index in [1.165, 1.54) is 9.47 Å². The molecule has 0 aliphatic carbocycles. The number of benzene rings is 2. The minimum atomic E-state index is -0.855. The maximum atomic E-state index is 13.7. The van der Waals surface area contributed by atoms with E-state index in [-0.39, 0.29) is 18.8 Å². The van der Waals surface area contributed by atoms with Crippen molar-refractivity contribution in [1.29, 1.82) is 0 Å². The number of H-pyrrole nitrogens is 1. The summed E-state index contributed by atoms with van der Waals surface area (Å²) in [5, 5.41) is 1.98. The molecule has 4 rings (SSSR count). The van der Waals surface area contributed by atoms with Gasteiger partial charge in [-0.3, -0.25) is 14.2 Å². The molecule has 1 aromatic heterocycles. The number of rotatable bonds is 2. The van der Waals surface area contributed by atoms with Gasteiger partial charge in [0.1, 0.15) is 16.7 Å². The smallest absolute Gasteiger partial charge is 0.326 e. The summed E-state index contributed by atoms with van der Waals surface area (Å²) in [5.74, 6) is -3.23. The van der Waals surface area contributed by atoms with E-state index in [2.05, 4.69) is 10.3 Å². The van der Waals surface area contributed by atoms with Gasteiger partial charge in [0.15, 0.2) is 0 Å². The van der Waals surface area contributed by atoms with Gasteiger partial charge in [-0.25, -0.2) is 13.6 Å². The average molecular weight is 450 g/mol. The molecule has 1 aliphatic rings. The second-order valence-corrected chi connectivity index (χ2v) is 7.56. The summed E-state index contributed by atoms with van der Waals surface area (Å²) in [6.07, 6.45) is 0. The van der Waals surface area contributed by atoms with E-state index in [0.29, 0.717) is 35.5 Å². The number of amides is 2. The largest absolute Gasteiger partial charge is 0.368 e. The normalized spacial score (nSPS) is 14.2. The minimum Gasteiger partial charge on any atom is -0.368 e. The second kappa shape index (κ2) is 8.03. The van der Waals surface area contributed by atoms with Crippen LogP contribution in [0.15, 0.2) is 35.1 Å². The number of aryl methyl sites for hydroxylation is 1. The molecule has 3 aromatic rings. The number of hydrogen-bond donors (Lipinski definition) is 2. The Labute approximate surface area is 180 Å². The summed E-state index contributed by atoms with van der Waals surface area (Å²) < 4.78 is 28.8. The molecule has 2 heterocycles. The Kier molecular flexibility index (Phi) is 5.40. The molecule has 1 saturated heterocycles. The second-order valence-electron chi connectivity index (χ2n) is 7.18. The van der Waals surface area contributed by atoms with Gasteiger partial charge in [0.2, 0.25) is 0 Å². The van der Waals surface area contributed by atoms with E-state index in [4.69, 9.17) is 11.6 Å². The lowest BCUT2D eigenvalue weighted by atomic mass is 10.2. The SMILES string of the molecule is Cn1c(=O)[nH]c2ccc(NC(=O)C(=O)N3CCN(c4cc(F)c(Cl)c(F)c4)CC3)cc21. The Balaban J connectivity index is 1.40. The number of nitrogens with zero attached hydrogens (tertiary/aromatic N) is 3. The molecule has 2 N–H and O–H groups in total. The summed E-state index contributed by atoms with van der Waals surface area (Å²) in [7, 11) is 1.59. The third kappa shape index (κ3) is 3.98. The highest BCUT2D eigenvalue weighted by atomic mass is 35.5. The number of imidazole rings is 1. The fourth-order valence-electron chi connectivity index (χ4n) is 3.52. The van der Waals surface area contributed by atoms with Crippen molar-refractivity contribution in [1.82, 2.24) is 14.5 Å². The molecule has 0 saturated carbocycles. The van der Waals surface area contributed by atoms with Crippen LogP contribution in [-0.4, -0.2) is 52.4 Å². The Morgan fingerprint density at radius 1 is 1.06 bits per heavy atom. The third-order valence-corrected chi connectivity index (χ3v) is 5.62. The lowest BCUT2D eigenvalue weighted by Gasteiger charge is -2.35. The Bertz CT molecular complexity index is 1220. The van der Waals surface area contributed by atoms with Crippen LogP contribution in [0.25, 0.3) is 11.0 Å². The number of aromatic nitrogens is 2. The summed E-state index contributed by atoms with van der Waals surface area (Å²) >= 11 is 5.51. The van der Waals surface area contributed by atoms with Crippen LogP contribution in [0.5, 0.6) is 0 Å². The van der Waals surface area contributed by atoms with Crippen molar-refractivity contribution in [2.45, 2.75) is 0 Å². The molecule has 0 bridgehead atoms. The van der Waals surface area contributed by atoms with Crippen molar-refractivity contribution in [3.05, 3.63) is 57.5 Å². The van der Waals surface area contributed by atoms with Crippen molar-refractivity contribution >= 4 is 45.8 Å². The fraction of sp³-hybridized carbons (Fsp3) is 0.250. The Hall–Kier alpha value is -3.40. The summed E-state index contributed by atoms with van der Waals surface area (Å²) in [6.45, 7) is 1.03. The zero-order valence-corrected chi connectivity index (χ0v) is 17.2. The molecule has 11 heteroatoms. The lowest BCUT2D eigenvalue weighted by molar-refractivity contribution is -0.143. The number of aromatic amines is 1. The van der Waals surface area contributed by atoms with E-state index in [0.717, 1.165) is 12.1 Å². The topological polar surface area (TPSA) is 90.4 Å². The average Bonchev–Trinajstić information content (AvgIpc) is 3.04. The quantitative estimate of drug-likeness (QED) is 0.463. The first-order valence-corrected chi connectivity index (χ1v) is 9.81. The van der Waals surface area contributed by atoms with Gasteiger partial charge in [-0.15, -0.1) is 0 Å². The molecule has 0 atom stereocenters. The fourth-order valence-corrected chi connectivity index (χ4v) is 3.63. The number of nitrogens with one attached hydrogen (secondary N) is 2. The van der Waals surface area contributed by atoms with E-state index in [1.807, 2.05) is 0 Å². The maximum Gasteiger partial charge on any atom is 0.326 e. The van der Waals surface area contributed by atoms with E-state index in [1.54, 1.807) is 30.1 Å². The molecule has 8 nitrogen and oxygen atoms in total. The number of carbonyl (C=O) groups is 2. The number of halogens is 3. The molecule has 162 valence electrons. The highest BCUT2D eigenvalue weighted by molar-refractivity contribution is 6.39. The van der Waals surface area contributed by atoms with Gasteiger partial charge < -0.3 is 20.1 Å². The first-order valence-electron chi connectivity index (χ1n) is 9.43. The van der Waals surface area contributed by atoms with Gasteiger partial charge in [0.05, 0.1) is 11.0 Å². The molecule has 0 radical (unpaired) electrons. The number of carbonyl (C=O) groups excluding carboxylic acids is 2. The highest BCUT2D eigenvalue weighted by Crippen LogP contribution is 2.26. The van der Waals surface area contributed by atoms with Gasteiger partial charge in [-0.2, -0.15) is 0 Å². The van der Waals surface area contributed by atoms with Crippen molar-refractivity contribution in [2.75, 3.05) is 36.4 Å². The summed E-state index contributed by atoms with van der Waals surface area (Å²) in [6, 6.07) is 7.10. The lowest BCUT2D eigenvalue weighted by Crippen LogP contribution is -2.51. The predicted octanol–water partition coefficient (Wildman–Crippen LogP) is 2.09. The molecule has 2 aromatic carbocycles. The van der Waals surface area contributed by atoms with Gasteiger partial charge in [0, 0.05) is 44.6 Å². The van der Waals surface area contributed by atoms with Crippen molar-refractivity contribution < 1.29 is 18.4 Å². The van der Waals surface area contributed by atoms with Crippen molar-refractivity contribution in [3.8, 4) is 0 Å². The zero-order chi connectivity index (χ0) is 22.3. The summed E-state index contributed by atoms with van der Waals surface area (Å²) in [4.78, 5) is 42.4. The summed E-state index contributed by atoms with van der Waals surface area (Å²) in [5.41, 5.74) is 1.62. The van der Waals surface area contributed by atoms with Crippen LogP contribution in [0.3, 0.4) is 0 Å². The first kappa shape index (κ1) is 20.9. The van der Waals surface area contributed by atoms with Gasteiger partial charge in [-0.05, 0) is 30.3 Å². The van der Waals surface area contributed by atoms with E-state index in [9.17, 15) is 23.2 Å². The number of hydrogen-bond acceptors (Lipinski definition) is 4. The molecule has 0 spiro atoms. The van der Waals surface area contributed by atoms with Crippen LogP contribution in [0.1, 0.15) is 0 Å². The van der Waals surface area contributed by atoms with Crippen LogP contribution in [0.2, 0.25) is 5.02 Å². The van der Waals surface area contributed by atoms with Crippen LogP contribution in [0, 0.1) is 11.6 Å². The van der Waals surface area contributed by atoms with Crippen LogP contribution in [-0.2, 0) is 16.6 Å². The monoisotopic (exact) mass is 449 g/mol. The Morgan fingerprint density at radius 3 is 2.35 bits per heavy atom. The van der Waals surface area contributed by atoms with Gasteiger partial charge >= 0.3 is 17.5 Å². The van der Waals surface area contributed by atoms with Crippen LogP contribution < -0.4 is 15.9 Å². The van der Waals surface area contributed by atoms with Crippen LogP contribution >= 0.6 is 11.6 Å². The zero-order valence-electron chi connectivity index (χ0n) is 16.4. The number of fused-ring (bicyclic) bond motifs is 1. The molecule has 1 fully saturated rings. The van der Waals surface area contributed by atoms with Crippen molar-refractivity contribution in [2.24, 2.45) is 7.05 Å². The standard InChI is InChI=1S/C20H18ClF2N5O3/c1-26-16-8-11(2-3-15(16)25-20(26)31)24-18(29)19(30)28-6-4-27(5-7-28)12-9-13(22)17(21)14(23)10-12/h2-3,8-10H,4-7H2,1H3,(H,24,29)(H,25,31). The predicted molar refractivity (Wildman–Crippen MR) is 112 cm³/mol. The molecule has 31 heavy (non-hydrogen) atoms.